The highest BCUT2D eigenvalue weighted by molar-refractivity contribution is 7.89. The molecule has 1 saturated heterocycles. The van der Waals surface area contributed by atoms with Gasteiger partial charge in [0.15, 0.2) is 0 Å². The first-order valence-corrected chi connectivity index (χ1v) is 9.98. The minimum atomic E-state index is -3.63. The van der Waals surface area contributed by atoms with Crippen molar-refractivity contribution in [2.45, 2.75) is 24.7 Å². The Morgan fingerprint density at radius 2 is 1.85 bits per heavy atom. The van der Waals surface area contributed by atoms with E-state index in [1.165, 1.54) is 22.5 Å². The van der Waals surface area contributed by atoms with Crippen LogP contribution in [0.3, 0.4) is 0 Å². The lowest BCUT2D eigenvalue weighted by Crippen LogP contribution is -2.28. The molecule has 0 bridgehead atoms. The van der Waals surface area contributed by atoms with E-state index in [9.17, 15) is 17.6 Å². The number of amides is 1. The molecule has 1 amide bonds. The summed E-state index contributed by atoms with van der Waals surface area (Å²) in [5, 5.41) is 2.49. The molecule has 1 aliphatic heterocycles. The van der Waals surface area contributed by atoms with Gasteiger partial charge in [-0.25, -0.2) is 12.8 Å². The average molecular weight is 397 g/mol. The summed E-state index contributed by atoms with van der Waals surface area (Å²) in [4.78, 5) is 12.6. The summed E-state index contributed by atoms with van der Waals surface area (Å²) >= 11 is 5.71. The highest BCUT2D eigenvalue weighted by Crippen LogP contribution is 2.25. The van der Waals surface area contributed by atoms with E-state index >= 15 is 0 Å². The molecule has 1 N–H and O–H groups in total. The molecule has 5 nitrogen and oxygen atoms in total. The minimum Gasteiger partial charge on any atom is -0.322 e. The van der Waals surface area contributed by atoms with Crippen LogP contribution in [0.2, 0.25) is 5.02 Å². The van der Waals surface area contributed by atoms with Crippen molar-refractivity contribution in [1.29, 1.82) is 0 Å². The van der Waals surface area contributed by atoms with Crippen LogP contribution >= 0.6 is 11.6 Å². The third kappa shape index (κ3) is 3.75. The fraction of sp³-hybridized carbons (Fsp3) is 0.278. The standard InChI is InChI=1S/C18H18ClFN2O3S/c1-12-4-5-13(10-17(12)26(24,25)22-8-2-3-9-22)18(23)21-14-6-7-16(20)15(19)11-14/h4-7,10-11H,2-3,8-9H2,1H3,(H,21,23). The summed E-state index contributed by atoms with van der Waals surface area (Å²) in [5.74, 6) is -1.08. The topological polar surface area (TPSA) is 66.5 Å². The Kier molecular flexibility index (Phi) is 5.32. The summed E-state index contributed by atoms with van der Waals surface area (Å²) in [6.07, 6.45) is 1.67. The van der Waals surface area contributed by atoms with E-state index in [1.54, 1.807) is 19.1 Å². The molecule has 0 unspecified atom stereocenters. The lowest BCUT2D eigenvalue weighted by atomic mass is 10.1. The van der Waals surface area contributed by atoms with E-state index < -0.39 is 21.7 Å². The van der Waals surface area contributed by atoms with Crippen LogP contribution in [0.25, 0.3) is 0 Å². The average Bonchev–Trinajstić information content (AvgIpc) is 3.14. The Balaban J connectivity index is 1.89. The lowest BCUT2D eigenvalue weighted by molar-refractivity contribution is 0.102. The fourth-order valence-corrected chi connectivity index (χ4v) is 4.81. The molecule has 0 radical (unpaired) electrons. The van der Waals surface area contributed by atoms with Crippen molar-refractivity contribution in [2.75, 3.05) is 18.4 Å². The molecule has 0 aliphatic carbocycles. The van der Waals surface area contributed by atoms with Gasteiger partial charge >= 0.3 is 0 Å². The van der Waals surface area contributed by atoms with Crippen LogP contribution in [0.1, 0.15) is 28.8 Å². The summed E-state index contributed by atoms with van der Waals surface area (Å²) in [7, 11) is -3.63. The van der Waals surface area contributed by atoms with E-state index in [0.717, 1.165) is 18.9 Å². The molecule has 1 aliphatic rings. The van der Waals surface area contributed by atoms with Crippen LogP contribution in [-0.4, -0.2) is 31.7 Å². The fourth-order valence-electron chi connectivity index (χ4n) is 2.86. The van der Waals surface area contributed by atoms with Crippen LogP contribution in [-0.2, 0) is 10.0 Å². The quantitative estimate of drug-likeness (QED) is 0.854. The number of hydrogen-bond acceptors (Lipinski definition) is 3. The number of benzene rings is 2. The molecule has 2 aromatic carbocycles. The van der Waals surface area contributed by atoms with Crippen LogP contribution in [0, 0.1) is 12.7 Å². The lowest BCUT2D eigenvalue weighted by Gasteiger charge is -2.18. The van der Waals surface area contributed by atoms with Crippen molar-refractivity contribution in [3.63, 3.8) is 0 Å². The predicted molar refractivity (Wildman–Crippen MR) is 98.5 cm³/mol. The summed E-state index contributed by atoms with van der Waals surface area (Å²) in [6, 6.07) is 8.37. The number of nitrogens with one attached hydrogen (secondary N) is 1. The number of rotatable bonds is 4. The molecule has 0 aromatic heterocycles. The molecule has 1 fully saturated rings. The highest BCUT2D eigenvalue weighted by Gasteiger charge is 2.29. The third-order valence-corrected chi connectivity index (χ3v) is 6.64. The van der Waals surface area contributed by atoms with Crippen molar-refractivity contribution in [1.82, 2.24) is 4.31 Å². The first kappa shape index (κ1) is 18.8. The summed E-state index contributed by atoms with van der Waals surface area (Å²) < 4.78 is 40.3. The van der Waals surface area contributed by atoms with Gasteiger partial charge in [0.05, 0.1) is 9.92 Å². The number of hydrogen-bond donors (Lipinski definition) is 1. The first-order chi connectivity index (χ1) is 12.3. The van der Waals surface area contributed by atoms with E-state index in [1.807, 2.05) is 0 Å². The van der Waals surface area contributed by atoms with Gasteiger partial charge in [-0.1, -0.05) is 17.7 Å². The monoisotopic (exact) mass is 396 g/mol. The maximum atomic E-state index is 13.2. The van der Waals surface area contributed by atoms with Crippen LogP contribution in [0.15, 0.2) is 41.3 Å². The normalized spacial score (nSPS) is 15.2. The largest absolute Gasteiger partial charge is 0.322 e. The number of halogens is 2. The maximum absolute atomic E-state index is 13.2. The summed E-state index contributed by atoms with van der Waals surface area (Å²) in [6.45, 7) is 2.68. The van der Waals surface area contributed by atoms with Gasteiger partial charge in [-0.15, -0.1) is 0 Å². The van der Waals surface area contributed by atoms with Crippen LogP contribution < -0.4 is 5.32 Å². The molecule has 138 valence electrons. The van der Waals surface area contributed by atoms with Gasteiger partial charge in [-0.2, -0.15) is 4.31 Å². The van der Waals surface area contributed by atoms with E-state index in [0.29, 0.717) is 24.3 Å². The predicted octanol–water partition coefficient (Wildman–Crippen LogP) is 3.82. The molecule has 3 rings (SSSR count). The smallest absolute Gasteiger partial charge is 0.255 e. The van der Waals surface area contributed by atoms with Crippen molar-refractivity contribution < 1.29 is 17.6 Å². The molecular formula is C18H18ClFN2O3S. The second-order valence-corrected chi connectivity index (χ2v) is 8.49. The zero-order valence-electron chi connectivity index (χ0n) is 14.1. The Morgan fingerprint density at radius 3 is 2.50 bits per heavy atom. The third-order valence-electron chi connectivity index (χ3n) is 4.31. The number of carbonyl (C=O) groups excluding carboxylic acids is 1. The van der Waals surface area contributed by atoms with Gasteiger partial charge in [0.2, 0.25) is 10.0 Å². The Labute approximate surface area is 156 Å². The van der Waals surface area contributed by atoms with Gasteiger partial charge in [0.25, 0.3) is 5.91 Å². The second kappa shape index (κ2) is 7.34. The van der Waals surface area contributed by atoms with E-state index in [4.69, 9.17) is 11.6 Å². The summed E-state index contributed by atoms with van der Waals surface area (Å²) in [5.41, 5.74) is 1.11. The number of sulfonamides is 1. The molecule has 0 spiro atoms. The Morgan fingerprint density at radius 1 is 1.15 bits per heavy atom. The van der Waals surface area contributed by atoms with Gasteiger partial charge in [0.1, 0.15) is 5.82 Å². The van der Waals surface area contributed by atoms with E-state index in [2.05, 4.69) is 5.32 Å². The van der Waals surface area contributed by atoms with Gasteiger partial charge in [-0.05, 0) is 55.7 Å². The van der Waals surface area contributed by atoms with Gasteiger partial charge in [-0.3, -0.25) is 4.79 Å². The number of aryl methyl sites for hydroxylation is 1. The number of nitrogens with zero attached hydrogens (tertiary/aromatic N) is 1. The van der Waals surface area contributed by atoms with Crippen molar-refractivity contribution in [3.05, 3.63) is 58.4 Å². The molecule has 8 heteroatoms. The van der Waals surface area contributed by atoms with Crippen molar-refractivity contribution >= 4 is 33.2 Å². The maximum Gasteiger partial charge on any atom is 0.255 e. The number of anilines is 1. The second-order valence-electron chi connectivity index (χ2n) is 6.17. The van der Waals surface area contributed by atoms with E-state index in [-0.39, 0.29) is 15.5 Å². The Hall–Kier alpha value is -1.96. The zero-order valence-corrected chi connectivity index (χ0v) is 15.7. The first-order valence-electron chi connectivity index (χ1n) is 8.16. The van der Waals surface area contributed by atoms with Crippen molar-refractivity contribution in [2.24, 2.45) is 0 Å². The minimum absolute atomic E-state index is 0.107. The molecule has 2 aromatic rings. The van der Waals surface area contributed by atoms with Crippen molar-refractivity contribution in [3.8, 4) is 0 Å². The van der Waals surface area contributed by atoms with Crippen LogP contribution in [0.5, 0.6) is 0 Å². The zero-order chi connectivity index (χ0) is 18.9. The Bertz CT molecular complexity index is 957. The molecule has 26 heavy (non-hydrogen) atoms. The molecule has 0 saturated carbocycles. The molecule has 1 heterocycles. The number of carbonyl (C=O) groups is 1. The molecule has 0 atom stereocenters. The highest BCUT2D eigenvalue weighted by atomic mass is 35.5. The van der Waals surface area contributed by atoms with Gasteiger partial charge < -0.3 is 5.32 Å². The SMILES string of the molecule is Cc1ccc(C(=O)Nc2ccc(F)c(Cl)c2)cc1S(=O)(=O)N1CCCC1. The van der Waals surface area contributed by atoms with Gasteiger partial charge in [0, 0.05) is 24.3 Å². The molecular weight excluding hydrogens is 379 g/mol. The van der Waals surface area contributed by atoms with Crippen LogP contribution in [0.4, 0.5) is 10.1 Å².